The molecule has 2 unspecified atom stereocenters. The molecule has 1 N–H and O–H groups in total. The maximum Gasteiger partial charge on any atom is 0.0985 e. The Hall–Kier alpha value is -0.410. The third-order valence-electron chi connectivity index (χ3n) is 4.04. The summed E-state index contributed by atoms with van der Waals surface area (Å²) in [6, 6.07) is 0.426. The van der Waals surface area contributed by atoms with Gasteiger partial charge in [0.1, 0.15) is 0 Å². The molecule has 1 saturated carbocycles. The fraction of sp³-hybridized carbons (Fsp3) is 0.812. The van der Waals surface area contributed by atoms with Crippen LogP contribution < -0.4 is 5.32 Å². The van der Waals surface area contributed by atoms with Crippen molar-refractivity contribution in [2.45, 2.75) is 65.8 Å². The van der Waals surface area contributed by atoms with E-state index in [0.29, 0.717) is 6.04 Å². The number of hydrogen-bond donors (Lipinski definition) is 1. The number of aryl methyl sites for hydroxylation is 1. The summed E-state index contributed by atoms with van der Waals surface area (Å²) in [6.07, 6.45) is 2.87. The quantitative estimate of drug-likeness (QED) is 0.862. The fourth-order valence-corrected chi connectivity index (χ4v) is 3.57. The third-order valence-corrected chi connectivity index (χ3v) is 5.81. The van der Waals surface area contributed by atoms with Gasteiger partial charge in [-0.3, -0.25) is 0 Å². The summed E-state index contributed by atoms with van der Waals surface area (Å²) in [5, 5.41) is 4.95. The number of nitrogens with zero attached hydrogens (tertiary/aromatic N) is 1. The molecule has 0 aromatic carbocycles. The second-order valence-electron chi connectivity index (χ2n) is 7.16. The zero-order valence-electron chi connectivity index (χ0n) is 13.2. The van der Waals surface area contributed by atoms with Crippen LogP contribution in [0.2, 0.25) is 0 Å². The van der Waals surface area contributed by atoms with E-state index in [2.05, 4.69) is 46.9 Å². The number of hydrogen-bond acceptors (Lipinski definition) is 3. The Kier molecular flexibility index (Phi) is 4.36. The van der Waals surface area contributed by atoms with Crippen LogP contribution in [-0.4, -0.2) is 11.5 Å². The predicted octanol–water partition coefficient (Wildman–Crippen LogP) is 4.45. The average Bonchev–Trinajstić information content (AvgIpc) is 3.07. The lowest BCUT2D eigenvalue weighted by Crippen LogP contribution is -2.25. The Morgan fingerprint density at radius 2 is 1.95 bits per heavy atom. The molecular weight excluding hydrogens is 252 g/mol. The zero-order chi connectivity index (χ0) is 14.2. The van der Waals surface area contributed by atoms with Crippen molar-refractivity contribution in [2.24, 2.45) is 11.8 Å². The summed E-state index contributed by atoms with van der Waals surface area (Å²) < 4.78 is 0. The number of aromatic nitrogens is 1. The molecule has 0 radical (unpaired) electrons. The smallest absolute Gasteiger partial charge is 0.0985 e. The van der Waals surface area contributed by atoms with Crippen molar-refractivity contribution in [1.82, 2.24) is 10.3 Å². The Labute approximate surface area is 122 Å². The van der Waals surface area contributed by atoms with E-state index in [1.54, 1.807) is 0 Å². The first kappa shape index (κ1) is 15.0. The largest absolute Gasteiger partial charge is 0.309 e. The topological polar surface area (TPSA) is 24.9 Å². The molecule has 2 nitrogen and oxygen atoms in total. The highest BCUT2D eigenvalue weighted by Crippen LogP contribution is 2.37. The van der Waals surface area contributed by atoms with Gasteiger partial charge < -0.3 is 5.32 Å². The van der Waals surface area contributed by atoms with Crippen molar-refractivity contribution in [3.8, 4) is 0 Å². The lowest BCUT2D eigenvalue weighted by molar-refractivity contribution is 0.433. The molecule has 1 aromatic heterocycles. The molecule has 1 fully saturated rings. The van der Waals surface area contributed by atoms with E-state index in [4.69, 9.17) is 4.98 Å². The minimum absolute atomic E-state index is 0.161. The summed E-state index contributed by atoms with van der Waals surface area (Å²) in [6.45, 7) is 14.6. The van der Waals surface area contributed by atoms with Gasteiger partial charge >= 0.3 is 0 Å². The lowest BCUT2D eigenvalue weighted by atomic mass is 9.98. The first-order valence-electron chi connectivity index (χ1n) is 7.50. The van der Waals surface area contributed by atoms with Gasteiger partial charge in [0.05, 0.1) is 10.7 Å². The molecule has 0 aliphatic heterocycles. The number of nitrogens with one attached hydrogen (secondary N) is 1. The Morgan fingerprint density at radius 1 is 1.32 bits per heavy atom. The van der Waals surface area contributed by atoms with Gasteiger partial charge in [0.15, 0.2) is 0 Å². The van der Waals surface area contributed by atoms with Gasteiger partial charge in [-0.05, 0) is 45.1 Å². The lowest BCUT2D eigenvalue weighted by Gasteiger charge is -2.17. The average molecular weight is 280 g/mol. The van der Waals surface area contributed by atoms with Crippen molar-refractivity contribution < 1.29 is 0 Å². The van der Waals surface area contributed by atoms with E-state index in [0.717, 1.165) is 18.4 Å². The van der Waals surface area contributed by atoms with E-state index < -0.39 is 0 Å². The van der Waals surface area contributed by atoms with Crippen LogP contribution in [0.1, 0.15) is 69.1 Å². The standard InChI is InChI=1S/C16H28N2S/c1-10(13-7-8-13)9-17-11(2)14-12(3)18-15(19-14)16(4,5)6/h10-11,13,17H,7-9H2,1-6H3. The molecule has 1 heterocycles. The second-order valence-corrected chi connectivity index (χ2v) is 8.19. The van der Waals surface area contributed by atoms with Gasteiger partial charge in [0.25, 0.3) is 0 Å². The van der Waals surface area contributed by atoms with E-state index in [9.17, 15) is 0 Å². The highest BCUT2D eigenvalue weighted by Gasteiger charge is 2.28. The van der Waals surface area contributed by atoms with Gasteiger partial charge in [-0.2, -0.15) is 0 Å². The molecule has 108 valence electrons. The van der Waals surface area contributed by atoms with Crippen LogP contribution >= 0.6 is 11.3 Å². The summed E-state index contributed by atoms with van der Waals surface area (Å²) in [7, 11) is 0. The van der Waals surface area contributed by atoms with Gasteiger partial charge in [-0.1, -0.05) is 27.7 Å². The van der Waals surface area contributed by atoms with Crippen LogP contribution in [0.25, 0.3) is 0 Å². The van der Waals surface area contributed by atoms with Crippen LogP contribution in [0, 0.1) is 18.8 Å². The zero-order valence-corrected chi connectivity index (χ0v) is 14.0. The van der Waals surface area contributed by atoms with E-state index in [1.165, 1.54) is 28.4 Å². The molecule has 1 aromatic rings. The SMILES string of the molecule is Cc1nc(C(C)(C)C)sc1C(C)NCC(C)C1CC1. The molecule has 1 aliphatic rings. The van der Waals surface area contributed by atoms with Crippen LogP contribution in [0.5, 0.6) is 0 Å². The van der Waals surface area contributed by atoms with Gasteiger partial charge in [-0.25, -0.2) is 4.98 Å². The van der Waals surface area contributed by atoms with Crippen LogP contribution in [0.15, 0.2) is 0 Å². The summed E-state index contributed by atoms with van der Waals surface area (Å²) in [5.41, 5.74) is 1.36. The molecule has 0 bridgehead atoms. The van der Waals surface area contributed by atoms with E-state index in [1.807, 2.05) is 11.3 Å². The van der Waals surface area contributed by atoms with E-state index >= 15 is 0 Å². The molecule has 0 spiro atoms. The van der Waals surface area contributed by atoms with Crippen molar-refractivity contribution in [1.29, 1.82) is 0 Å². The normalized spacial score (nSPS) is 19.5. The van der Waals surface area contributed by atoms with Gasteiger partial charge in [0.2, 0.25) is 0 Å². The Balaban J connectivity index is 1.98. The first-order valence-corrected chi connectivity index (χ1v) is 8.32. The molecular formula is C16H28N2S. The van der Waals surface area contributed by atoms with Crippen LogP contribution in [0.4, 0.5) is 0 Å². The van der Waals surface area contributed by atoms with Crippen molar-refractivity contribution >= 4 is 11.3 Å². The molecule has 0 amide bonds. The Bertz CT molecular complexity index is 426. The van der Waals surface area contributed by atoms with Crippen molar-refractivity contribution in [2.75, 3.05) is 6.54 Å². The summed E-state index contributed by atoms with van der Waals surface area (Å²) in [4.78, 5) is 6.17. The second kappa shape index (κ2) is 5.53. The number of rotatable bonds is 5. The number of thiazole rings is 1. The maximum absolute atomic E-state index is 4.76. The van der Waals surface area contributed by atoms with Gasteiger partial charge in [-0.15, -0.1) is 11.3 Å². The Morgan fingerprint density at radius 3 is 2.42 bits per heavy atom. The van der Waals surface area contributed by atoms with Crippen molar-refractivity contribution in [3.63, 3.8) is 0 Å². The predicted molar refractivity (Wildman–Crippen MR) is 83.9 cm³/mol. The molecule has 0 saturated heterocycles. The molecule has 19 heavy (non-hydrogen) atoms. The third kappa shape index (κ3) is 3.79. The fourth-order valence-electron chi connectivity index (χ4n) is 2.42. The molecule has 2 rings (SSSR count). The first-order chi connectivity index (χ1) is 8.79. The highest BCUT2D eigenvalue weighted by atomic mass is 32.1. The maximum atomic E-state index is 4.76. The monoisotopic (exact) mass is 280 g/mol. The summed E-state index contributed by atoms with van der Waals surface area (Å²) >= 11 is 1.88. The molecule has 1 aliphatic carbocycles. The minimum Gasteiger partial charge on any atom is -0.309 e. The van der Waals surface area contributed by atoms with Crippen LogP contribution in [0.3, 0.4) is 0 Å². The highest BCUT2D eigenvalue weighted by molar-refractivity contribution is 7.12. The van der Waals surface area contributed by atoms with Crippen molar-refractivity contribution in [3.05, 3.63) is 15.6 Å². The van der Waals surface area contributed by atoms with E-state index in [-0.39, 0.29) is 5.41 Å². The molecule has 3 heteroatoms. The van der Waals surface area contributed by atoms with Crippen LogP contribution in [-0.2, 0) is 5.41 Å². The van der Waals surface area contributed by atoms with Gasteiger partial charge in [0, 0.05) is 16.3 Å². The molecule has 2 atom stereocenters. The minimum atomic E-state index is 0.161. The summed E-state index contributed by atoms with van der Waals surface area (Å²) in [5.74, 6) is 1.80.